The molecule has 3 aliphatic rings. The standard InChI is InChI=1S/C28H21NO6/c1-34-18-13-11-16(12-14-18)15-29-26(32)21-22(27(29)33)28(35-23(21)17-7-3-2-4-8-17)24(30)19-9-5-6-10-20(19)25(28)31/h2-14,21-23H,15H2,1H3/t21-,22-,23-/m0/s1. The highest BCUT2D eigenvalue weighted by molar-refractivity contribution is 6.35. The fourth-order valence-corrected chi connectivity index (χ4v) is 5.59. The number of ether oxygens (including phenoxy) is 2. The molecule has 3 aromatic carbocycles. The molecule has 0 radical (unpaired) electrons. The normalized spacial score (nSPS) is 24.3. The van der Waals surface area contributed by atoms with E-state index in [0.717, 1.165) is 10.5 Å². The minimum absolute atomic E-state index is 0.0293. The lowest BCUT2D eigenvalue weighted by molar-refractivity contribution is -0.145. The number of amides is 2. The van der Waals surface area contributed by atoms with Gasteiger partial charge in [0.15, 0.2) is 0 Å². The molecule has 3 atom stereocenters. The third-order valence-electron chi connectivity index (χ3n) is 7.24. The van der Waals surface area contributed by atoms with Crippen LogP contribution in [0.3, 0.4) is 0 Å². The lowest BCUT2D eigenvalue weighted by atomic mass is 9.77. The Morgan fingerprint density at radius 3 is 2.00 bits per heavy atom. The predicted octanol–water partition coefficient (Wildman–Crippen LogP) is 3.39. The van der Waals surface area contributed by atoms with Crippen LogP contribution in [0.2, 0.25) is 0 Å². The van der Waals surface area contributed by atoms with Gasteiger partial charge >= 0.3 is 0 Å². The first kappa shape index (κ1) is 21.4. The number of carbonyl (C=O) groups excluding carboxylic acids is 4. The Bertz CT molecular complexity index is 1350. The van der Waals surface area contributed by atoms with Crippen LogP contribution in [0.25, 0.3) is 0 Å². The number of carbonyl (C=O) groups is 4. The monoisotopic (exact) mass is 467 g/mol. The zero-order valence-corrected chi connectivity index (χ0v) is 18.8. The Labute approximate surface area is 201 Å². The molecule has 35 heavy (non-hydrogen) atoms. The van der Waals surface area contributed by atoms with Gasteiger partial charge in [-0.15, -0.1) is 0 Å². The molecule has 3 aromatic rings. The van der Waals surface area contributed by atoms with E-state index in [9.17, 15) is 19.2 Å². The highest BCUT2D eigenvalue weighted by Gasteiger charge is 2.74. The summed E-state index contributed by atoms with van der Waals surface area (Å²) >= 11 is 0. The molecule has 0 unspecified atom stereocenters. The number of fused-ring (bicyclic) bond motifs is 3. The van der Waals surface area contributed by atoms with Gasteiger partial charge in [-0.3, -0.25) is 24.1 Å². The molecule has 6 rings (SSSR count). The van der Waals surface area contributed by atoms with Gasteiger partial charge in [-0.2, -0.15) is 0 Å². The second-order valence-electron chi connectivity index (χ2n) is 9.00. The van der Waals surface area contributed by atoms with Gasteiger partial charge in [0.05, 0.1) is 31.6 Å². The van der Waals surface area contributed by atoms with Crippen LogP contribution in [0.15, 0.2) is 78.9 Å². The van der Waals surface area contributed by atoms with Gasteiger partial charge in [0.25, 0.3) is 0 Å². The molecule has 174 valence electrons. The maximum Gasteiger partial charge on any atom is 0.237 e. The van der Waals surface area contributed by atoms with Crippen molar-refractivity contribution >= 4 is 23.4 Å². The number of rotatable bonds is 4. The van der Waals surface area contributed by atoms with Crippen molar-refractivity contribution in [3.8, 4) is 5.75 Å². The topological polar surface area (TPSA) is 90.0 Å². The molecule has 2 heterocycles. The van der Waals surface area contributed by atoms with Crippen LogP contribution in [0.1, 0.15) is 37.9 Å². The van der Waals surface area contributed by atoms with E-state index >= 15 is 0 Å². The molecule has 0 saturated carbocycles. The largest absolute Gasteiger partial charge is 0.497 e. The molecule has 1 aliphatic carbocycles. The first-order valence-electron chi connectivity index (χ1n) is 11.4. The maximum absolute atomic E-state index is 13.8. The van der Waals surface area contributed by atoms with Crippen molar-refractivity contribution in [2.75, 3.05) is 7.11 Å². The SMILES string of the molecule is COc1ccc(CN2C(=O)[C@H]3[C@@H](C2=O)C2(O[C@H]3c3ccccc3)C(=O)c3ccccc3C2=O)cc1. The highest BCUT2D eigenvalue weighted by Crippen LogP contribution is 2.57. The van der Waals surface area contributed by atoms with E-state index in [0.29, 0.717) is 11.3 Å². The summed E-state index contributed by atoms with van der Waals surface area (Å²) in [7, 11) is 1.56. The van der Waals surface area contributed by atoms with Crippen LogP contribution in [0.4, 0.5) is 0 Å². The van der Waals surface area contributed by atoms with Crippen molar-refractivity contribution in [3.63, 3.8) is 0 Å². The molecule has 0 bridgehead atoms. The fourth-order valence-electron chi connectivity index (χ4n) is 5.59. The molecule has 2 aliphatic heterocycles. The second-order valence-corrected chi connectivity index (χ2v) is 9.00. The number of ketones is 2. The third kappa shape index (κ3) is 2.88. The third-order valence-corrected chi connectivity index (χ3v) is 7.24. The summed E-state index contributed by atoms with van der Waals surface area (Å²) in [6.45, 7) is 0.0293. The van der Waals surface area contributed by atoms with Crippen molar-refractivity contribution in [2.45, 2.75) is 18.2 Å². The van der Waals surface area contributed by atoms with E-state index in [1.807, 2.05) is 6.07 Å². The number of imide groups is 1. The molecule has 0 N–H and O–H groups in total. The summed E-state index contributed by atoms with van der Waals surface area (Å²) in [6, 6.07) is 22.5. The van der Waals surface area contributed by atoms with Crippen molar-refractivity contribution in [3.05, 3.63) is 101 Å². The summed E-state index contributed by atoms with van der Waals surface area (Å²) in [5.41, 5.74) is -0.233. The molecular weight excluding hydrogens is 446 g/mol. The van der Waals surface area contributed by atoms with E-state index in [1.54, 1.807) is 79.9 Å². The Hall–Kier alpha value is -4.10. The Balaban J connectivity index is 1.45. The second kappa shape index (κ2) is 7.71. The van der Waals surface area contributed by atoms with Gasteiger partial charge in [0, 0.05) is 11.1 Å². The number of hydrogen-bond acceptors (Lipinski definition) is 6. The van der Waals surface area contributed by atoms with E-state index in [2.05, 4.69) is 0 Å². The van der Waals surface area contributed by atoms with Crippen LogP contribution >= 0.6 is 0 Å². The van der Waals surface area contributed by atoms with Gasteiger partial charge in [0.2, 0.25) is 29.0 Å². The summed E-state index contributed by atoms with van der Waals surface area (Å²) in [6.07, 6.45) is -0.902. The van der Waals surface area contributed by atoms with Crippen LogP contribution in [0, 0.1) is 11.8 Å². The zero-order chi connectivity index (χ0) is 24.3. The van der Waals surface area contributed by atoms with E-state index in [1.165, 1.54) is 0 Å². The van der Waals surface area contributed by atoms with Gasteiger partial charge < -0.3 is 9.47 Å². The Kier molecular flexibility index (Phi) is 4.72. The molecule has 2 amide bonds. The molecule has 7 nitrogen and oxygen atoms in total. The number of methoxy groups -OCH3 is 1. The van der Waals surface area contributed by atoms with Crippen LogP contribution in [0.5, 0.6) is 5.75 Å². The molecule has 2 fully saturated rings. The number of hydrogen-bond donors (Lipinski definition) is 0. The van der Waals surface area contributed by atoms with E-state index in [4.69, 9.17) is 9.47 Å². The van der Waals surface area contributed by atoms with Crippen LogP contribution in [-0.2, 0) is 20.9 Å². The molecule has 0 aromatic heterocycles. The number of Topliss-reactive ketones (excluding diaryl/α,β-unsaturated/α-hetero) is 2. The summed E-state index contributed by atoms with van der Waals surface area (Å²) in [5.74, 6) is -3.68. The Morgan fingerprint density at radius 2 is 1.40 bits per heavy atom. The van der Waals surface area contributed by atoms with Crippen molar-refractivity contribution in [1.29, 1.82) is 0 Å². The molecule has 1 spiro atoms. The minimum Gasteiger partial charge on any atom is -0.497 e. The van der Waals surface area contributed by atoms with Gasteiger partial charge in [-0.25, -0.2) is 0 Å². The maximum atomic E-state index is 13.8. The van der Waals surface area contributed by atoms with Crippen LogP contribution in [-0.4, -0.2) is 41.0 Å². The number of likely N-dealkylation sites (tertiary alicyclic amines) is 1. The van der Waals surface area contributed by atoms with Crippen molar-refractivity contribution in [1.82, 2.24) is 4.90 Å². The van der Waals surface area contributed by atoms with E-state index < -0.39 is 46.9 Å². The highest BCUT2D eigenvalue weighted by atomic mass is 16.5. The van der Waals surface area contributed by atoms with Crippen molar-refractivity contribution < 1.29 is 28.7 Å². The molecule has 7 heteroatoms. The zero-order valence-electron chi connectivity index (χ0n) is 18.8. The minimum atomic E-state index is -2.05. The van der Waals surface area contributed by atoms with Gasteiger partial charge in [0.1, 0.15) is 5.75 Å². The number of benzene rings is 3. The van der Waals surface area contributed by atoms with E-state index in [-0.39, 0.29) is 17.7 Å². The Morgan fingerprint density at radius 1 is 0.800 bits per heavy atom. The van der Waals surface area contributed by atoms with Crippen molar-refractivity contribution in [2.24, 2.45) is 11.8 Å². The lowest BCUT2D eigenvalue weighted by Crippen LogP contribution is -2.50. The fraction of sp³-hybridized carbons (Fsp3) is 0.214. The summed E-state index contributed by atoms with van der Waals surface area (Å²) < 4.78 is 11.4. The van der Waals surface area contributed by atoms with Gasteiger partial charge in [-0.05, 0) is 23.3 Å². The first-order chi connectivity index (χ1) is 17.0. The predicted molar refractivity (Wildman–Crippen MR) is 124 cm³/mol. The smallest absolute Gasteiger partial charge is 0.237 e. The molecule has 2 saturated heterocycles. The quantitative estimate of drug-likeness (QED) is 0.432. The van der Waals surface area contributed by atoms with Gasteiger partial charge in [-0.1, -0.05) is 66.7 Å². The summed E-state index contributed by atoms with van der Waals surface area (Å²) in [5, 5.41) is 0. The summed E-state index contributed by atoms with van der Waals surface area (Å²) in [4.78, 5) is 56.1. The number of nitrogens with zero attached hydrogens (tertiary/aromatic N) is 1. The van der Waals surface area contributed by atoms with Crippen LogP contribution < -0.4 is 4.74 Å². The molecular formula is C28H21NO6. The lowest BCUT2D eigenvalue weighted by Gasteiger charge is -2.27. The average Bonchev–Trinajstić information content (AvgIpc) is 3.46. The first-order valence-corrected chi connectivity index (χ1v) is 11.4. The average molecular weight is 467 g/mol.